The molecule has 7 nitrogen and oxygen atoms in total. The van der Waals surface area contributed by atoms with E-state index in [2.05, 4.69) is 63.9 Å². The van der Waals surface area contributed by atoms with E-state index in [0.717, 1.165) is 43.9 Å². The average molecular weight is 454 g/mol. The van der Waals surface area contributed by atoms with Crippen molar-refractivity contribution in [1.82, 2.24) is 24.6 Å². The first-order valence-corrected chi connectivity index (χ1v) is 11.4. The molecule has 2 heterocycles. The number of likely N-dealkylation sites (N-methyl/N-ethyl adjacent to an activating group) is 1. The van der Waals surface area contributed by atoms with Crippen molar-refractivity contribution in [3.63, 3.8) is 0 Å². The van der Waals surface area contributed by atoms with Crippen molar-refractivity contribution in [3.05, 3.63) is 53.1 Å². The van der Waals surface area contributed by atoms with Crippen LogP contribution < -0.4 is 0 Å². The van der Waals surface area contributed by atoms with E-state index in [4.69, 9.17) is 0 Å². The second-order valence-corrected chi connectivity index (χ2v) is 9.29. The minimum absolute atomic E-state index is 0.0299. The predicted octanol–water partition coefficient (Wildman–Crippen LogP) is 3.56. The number of rotatable bonds is 6. The van der Waals surface area contributed by atoms with Crippen LogP contribution in [0.2, 0.25) is 0 Å². The van der Waals surface area contributed by atoms with Crippen molar-refractivity contribution in [2.75, 3.05) is 33.2 Å². The summed E-state index contributed by atoms with van der Waals surface area (Å²) in [5, 5.41) is 29.6. The molecule has 0 unspecified atom stereocenters. The molecule has 4 rings (SSSR count). The van der Waals surface area contributed by atoms with Gasteiger partial charge in [-0.2, -0.15) is 0 Å². The highest BCUT2D eigenvalue weighted by atomic mass is 32.1. The topological polar surface area (TPSA) is 77.7 Å². The van der Waals surface area contributed by atoms with Crippen LogP contribution >= 0.6 is 12.6 Å². The Hall–Kier alpha value is -2.55. The molecule has 1 fully saturated rings. The molecular weight excluding hydrogens is 422 g/mol. The highest BCUT2D eigenvalue weighted by Crippen LogP contribution is 2.37. The summed E-state index contributed by atoms with van der Waals surface area (Å²) in [4.78, 5) is 4.84. The molecule has 8 heteroatoms. The molecule has 0 radical (unpaired) electrons. The summed E-state index contributed by atoms with van der Waals surface area (Å²) in [7, 11) is 2.17. The van der Waals surface area contributed by atoms with Crippen LogP contribution in [-0.2, 0) is 13.1 Å². The molecule has 1 aliphatic rings. The van der Waals surface area contributed by atoms with Crippen molar-refractivity contribution >= 4 is 12.6 Å². The van der Waals surface area contributed by atoms with Gasteiger partial charge in [0, 0.05) is 38.8 Å². The molecule has 170 valence electrons. The fourth-order valence-corrected chi connectivity index (χ4v) is 4.36. The second kappa shape index (κ2) is 9.52. The number of thiol groups is 1. The molecule has 1 aliphatic heterocycles. The summed E-state index contributed by atoms with van der Waals surface area (Å²) < 4.78 is 1.88. The first-order valence-electron chi connectivity index (χ1n) is 11.0. The number of hydrogen-bond acceptors (Lipinski definition) is 7. The molecule has 1 aromatic heterocycles. The van der Waals surface area contributed by atoms with Crippen LogP contribution in [0.15, 0.2) is 41.6 Å². The summed E-state index contributed by atoms with van der Waals surface area (Å²) in [5.41, 5.74) is 3.68. The third-order valence-corrected chi connectivity index (χ3v) is 6.40. The monoisotopic (exact) mass is 453 g/mol. The summed E-state index contributed by atoms with van der Waals surface area (Å²) in [6.07, 6.45) is 0. The van der Waals surface area contributed by atoms with E-state index >= 15 is 0 Å². The van der Waals surface area contributed by atoms with E-state index in [1.807, 2.05) is 18.4 Å². The lowest BCUT2D eigenvalue weighted by Crippen LogP contribution is -2.43. The first-order chi connectivity index (χ1) is 15.3. The Morgan fingerprint density at radius 2 is 1.62 bits per heavy atom. The SMILES string of the molecule is CC(C)c1cc(-c2nnc(S)n2Cc2cccc(CN3CCN(C)CC3)c2)c(O)cc1O. The van der Waals surface area contributed by atoms with Gasteiger partial charge in [0.2, 0.25) is 0 Å². The Morgan fingerprint density at radius 3 is 2.31 bits per heavy atom. The van der Waals surface area contributed by atoms with Gasteiger partial charge in [-0.3, -0.25) is 9.47 Å². The maximum atomic E-state index is 10.5. The maximum Gasteiger partial charge on any atom is 0.188 e. The Bertz CT molecular complexity index is 1090. The van der Waals surface area contributed by atoms with E-state index in [0.29, 0.717) is 23.1 Å². The maximum absolute atomic E-state index is 10.5. The van der Waals surface area contributed by atoms with Crippen molar-refractivity contribution in [1.29, 1.82) is 0 Å². The lowest BCUT2D eigenvalue weighted by molar-refractivity contribution is 0.148. The molecule has 1 saturated heterocycles. The molecule has 32 heavy (non-hydrogen) atoms. The van der Waals surface area contributed by atoms with Crippen molar-refractivity contribution in [2.24, 2.45) is 0 Å². The Morgan fingerprint density at radius 1 is 0.938 bits per heavy atom. The Balaban J connectivity index is 1.59. The van der Waals surface area contributed by atoms with Gasteiger partial charge in [-0.25, -0.2) is 0 Å². The average Bonchev–Trinajstić information content (AvgIpc) is 3.10. The number of benzene rings is 2. The van der Waals surface area contributed by atoms with Crippen LogP contribution in [0.25, 0.3) is 11.4 Å². The van der Waals surface area contributed by atoms with Gasteiger partial charge in [0.25, 0.3) is 0 Å². The quantitative estimate of drug-likeness (QED) is 0.496. The van der Waals surface area contributed by atoms with Crippen molar-refractivity contribution < 1.29 is 10.2 Å². The molecule has 2 aromatic carbocycles. The Labute approximate surface area is 194 Å². The third kappa shape index (κ3) is 4.92. The van der Waals surface area contributed by atoms with E-state index in [9.17, 15) is 10.2 Å². The summed E-state index contributed by atoms with van der Waals surface area (Å²) in [6, 6.07) is 11.7. The molecule has 0 atom stereocenters. The molecular formula is C24H31N5O2S. The molecule has 0 aliphatic carbocycles. The van der Waals surface area contributed by atoms with Crippen LogP contribution in [-0.4, -0.2) is 68.0 Å². The van der Waals surface area contributed by atoms with Gasteiger partial charge in [0.05, 0.1) is 12.1 Å². The number of piperazine rings is 1. The third-order valence-electron chi connectivity index (χ3n) is 6.07. The highest BCUT2D eigenvalue weighted by Gasteiger charge is 2.20. The van der Waals surface area contributed by atoms with Crippen molar-refractivity contribution in [2.45, 2.75) is 38.0 Å². The zero-order valence-corrected chi connectivity index (χ0v) is 19.8. The Kier molecular flexibility index (Phi) is 6.74. The summed E-state index contributed by atoms with van der Waals surface area (Å²) in [5.74, 6) is 0.680. The lowest BCUT2D eigenvalue weighted by Gasteiger charge is -2.32. The van der Waals surface area contributed by atoms with E-state index in [1.165, 1.54) is 11.6 Å². The first kappa shape index (κ1) is 22.6. The van der Waals surface area contributed by atoms with E-state index in [-0.39, 0.29) is 17.4 Å². The minimum atomic E-state index is -0.0299. The van der Waals surface area contributed by atoms with Crippen LogP contribution in [0.5, 0.6) is 11.5 Å². The summed E-state index contributed by atoms with van der Waals surface area (Å²) >= 11 is 4.51. The fraction of sp³-hybridized carbons (Fsp3) is 0.417. The standard InChI is InChI=1S/C24H31N5O2S/c1-16(2)19-12-20(22(31)13-21(19)30)23-25-26-24(32)29(23)15-18-6-4-5-17(11-18)14-28-9-7-27(3)8-10-28/h4-6,11-13,16,30-31H,7-10,14-15H2,1-3H3,(H,26,32). The van der Waals surface area contributed by atoms with Crippen LogP contribution in [0.3, 0.4) is 0 Å². The number of nitrogens with zero attached hydrogens (tertiary/aromatic N) is 5. The van der Waals surface area contributed by atoms with Gasteiger partial charge in [-0.05, 0) is 35.7 Å². The molecule has 3 aromatic rings. The number of aromatic hydroxyl groups is 2. The van der Waals surface area contributed by atoms with Crippen molar-refractivity contribution in [3.8, 4) is 22.9 Å². The van der Waals surface area contributed by atoms with Gasteiger partial charge < -0.3 is 15.1 Å². The fourth-order valence-electron chi connectivity index (χ4n) is 4.15. The highest BCUT2D eigenvalue weighted by molar-refractivity contribution is 7.80. The molecule has 0 amide bonds. The number of aromatic nitrogens is 3. The van der Waals surface area contributed by atoms with E-state index < -0.39 is 0 Å². The second-order valence-electron chi connectivity index (χ2n) is 8.89. The smallest absolute Gasteiger partial charge is 0.188 e. The molecule has 0 bridgehead atoms. The number of phenols is 2. The zero-order valence-electron chi connectivity index (χ0n) is 18.9. The largest absolute Gasteiger partial charge is 0.508 e. The van der Waals surface area contributed by atoms with E-state index in [1.54, 1.807) is 6.07 Å². The predicted molar refractivity (Wildman–Crippen MR) is 128 cm³/mol. The molecule has 2 N–H and O–H groups in total. The van der Waals surface area contributed by atoms with Gasteiger partial charge in [0.15, 0.2) is 11.0 Å². The van der Waals surface area contributed by atoms with Crippen LogP contribution in [0.4, 0.5) is 0 Å². The normalized spacial score (nSPS) is 15.5. The summed E-state index contributed by atoms with van der Waals surface area (Å²) in [6.45, 7) is 9.82. The number of hydrogen-bond donors (Lipinski definition) is 3. The number of phenolic OH excluding ortho intramolecular Hbond substituents is 2. The van der Waals surface area contributed by atoms with Gasteiger partial charge in [-0.1, -0.05) is 38.1 Å². The lowest BCUT2D eigenvalue weighted by atomic mass is 9.98. The van der Waals surface area contributed by atoms with Gasteiger partial charge in [-0.15, -0.1) is 22.8 Å². The molecule has 0 saturated carbocycles. The van der Waals surface area contributed by atoms with Crippen LogP contribution in [0.1, 0.15) is 36.5 Å². The molecule has 0 spiro atoms. The van der Waals surface area contributed by atoms with Gasteiger partial charge >= 0.3 is 0 Å². The zero-order chi connectivity index (χ0) is 22.8. The van der Waals surface area contributed by atoms with Gasteiger partial charge in [0.1, 0.15) is 11.5 Å². The van der Waals surface area contributed by atoms with Crippen LogP contribution in [0, 0.1) is 0 Å². The minimum Gasteiger partial charge on any atom is -0.508 e.